The summed E-state index contributed by atoms with van der Waals surface area (Å²) in [4.78, 5) is 18.6. The number of ether oxygens (including phenoxy) is 2. The van der Waals surface area contributed by atoms with Gasteiger partial charge in [0.15, 0.2) is 0 Å². The second kappa shape index (κ2) is 9.70. The molecule has 0 aromatic carbocycles. The van der Waals surface area contributed by atoms with Crippen molar-refractivity contribution in [1.82, 2.24) is 29.3 Å². The maximum absolute atomic E-state index is 12.6. The van der Waals surface area contributed by atoms with Gasteiger partial charge in [0.1, 0.15) is 23.0 Å². The molecular weight excluding hydrogens is 492 g/mol. The number of halogens is 1. The van der Waals surface area contributed by atoms with Gasteiger partial charge in [0, 0.05) is 54.9 Å². The van der Waals surface area contributed by atoms with Gasteiger partial charge < -0.3 is 14.4 Å². The Labute approximate surface area is 221 Å². The van der Waals surface area contributed by atoms with E-state index < -0.39 is 5.60 Å². The van der Waals surface area contributed by atoms with Crippen molar-refractivity contribution in [2.45, 2.75) is 59.3 Å². The molecule has 0 unspecified atom stereocenters. The molecule has 0 bridgehead atoms. The molecule has 0 aliphatic carbocycles. The lowest BCUT2D eigenvalue weighted by Gasteiger charge is -2.26. The van der Waals surface area contributed by atoms with Gasteiger partial charge in [0.25, 0.3) is 0 Å². The maximum atomic E-state index is 12.6. The van der Waals surface area contributed by atoms with E-state index in [9.17, 15) is 4.79 Å². The van der Waals surface area contributed by atoms with Crippen LogP contribution < -0.4 is 4.74 Å². The minimum absolute atomic E-state index is 0.239. The molecule has 194 valence electrons. The van der Waals surface area contributed by atoms with Crippen molar-refractivity contribution in [2.75, 3.05) is 13.1 Å². The monoisotopic (exact) mass is 522 g/mol. The van der Waals surface area contributed by atoms with Crippen LogP contribution in [0.25, 0.3) is 16.8 Å². The molecule has 1 atom stereocenters. The van der Waals surface area contributed by atoms with E-state index >= 15 is 0 Å². The van der Waals surface area contributed by atoms with Crippen LogP contribution >= 0.6 is 11.6 Å². The molecule has 0 radical (unpaired) electrons. The highest BCUT2D eigenvalue weighted by Gasteiger charge is 2.27. The van der Waals surface area contributed by atoms with Crippen LogP contribution in [0.1, 0.15) is 50.6 Å². The van der Waals surface area contributed by atoms with Gasteiger partial charge in [0.05, 0.1) is 23.5 Å². The molecule has 10 heteroatoms. The van der Waals surface area contributed by atoms with Crippen LogP contribution in [-0.2, 0) is 17.7 Å². The van der Waals surface area contributed by atoms with Gasteiger partial charge in [-0.3, -0.25) is 9.67 Å². The number of carbonyl (C=O) groups excluding carboxylic acids is 1. The van der Waals surface area contributed by atoms with Crippen LogP contribution in [0.3, 0.4) is 0 Å². The lowest BCUT2D eigenvalue weighted by molar-refractivity contribution is 0.0253. The SMILES string of the molecule is Cc1c(-c2cc(O[C@H](C)c3cccnc3)c3c(Cl)cnn3c2)nn2c1CCN(C(=O)OC(C)(C)C)CC2. The Morgan fingerprint density at radius 2 is 2.00 bits per heavy atom. The highest BCUT2D eigenvalue weighted by atomic mass is 35.5. The fourth-order valence-electron chi connectivity index (χ4n) is 4.58. The third kappa shape index (κ3) is 5.13. The first kappa shape index (κ1) is 25.1. The van der Waals surface area contributed by atoms with Crippen molar-refractivity contribution in [3.8, 4) is 17.0 Å². The van der Waals surface area contributed by atoms with Crippen molar-refractivity contribution < 1.29 is 14.3 Å². The maximum Gasteiger partial charge on any atom is 0.410 e. The second-order valence-corrected chi connectivity index (χ2v) is 10.7. The van der Waals surface area contributed by atoms with Crippen molar-refractivity contribution in [1.29, 1.82) is 0 Å². The Kier molecular flexibility index (Phi) is 6.58. The van der Waals surface area contributed by atoms with Crippen molar-refractivity contribution in [2.24, 2.45) is 0 Å². The number of pyridine rings is 2. The molecule has 1 aliphatic heterocycles. The van der Waals surface area contributed by atoms with Gasteiger partial charge in [-0.15, -0.1) is 0 Å². The second-order valence-electron chi connectivity index (χ2n) is 10.3. The first-order valence-corrected chi connectivity index (χ1v) is 12.8. The molecule has 5 rings (SSSR count). The number of nitrogens with zero attached hydrogens (tertiary/aromatic N) is 6. The summed E-state index contributed by atoms with van der Waals surface area (Å²) >= 11 is 6.48. The van der Waals surface area contributed by atoms with Crippen molar-refractivity contribution in [3.63, 3.8) is 0 Å². The molecule has 0 saturated heterocycles. The number of rotatable bonds is 4. The summed E-state index contributed by atoms with van der Waals surface area (Å²) in [5.74, 6) is 0.620. The Morgan fingerprint density at radius 1 is 1.19 bits per heavy atom. The molecule has 0 N–H and O–H groups in total. The third-order valence-corrected chi connectivity index (χ3v) is 6.71. The van der Waals surface area contributed by atoms with E-state index in [-0.39, 0.29) is 12.2 Å². The molecule has 1 aliphatic rings. The zero-order chi connectivity index (χ0) is 26.3. The normalized spacial score (nSPS) is 14.8. The van der Waals surface area contributed by atoms with Crippen LogP contribution in [-0.4, -0.2) is 54.1 Å². The minimum Gasteiger partial charge on any atom is -0.484 e. The summed E-state index contributed by atoms with van der Waals surface area (Å²) in [7, 11) is 0. The smallest absolute Gasteiger partial charge is 0.410 e. The average Bonchev–Trinajstić information content (AvgIpc) is 3.29. The molecule has 1 amide bonds. The number of carbonyl (C=O) groups is 1. The number of fused-ring (bicyclic) bond motifs is 2. The predicted molar refractivity (Wildman–Crippen MR) is 141 cm³/mol. The largest absolute Gasteiger partial charge is 0.484 e. The summed E-state index contributed by atoms with van der Waals surface area (Å²) in [6.45, 7) is 11.4. The lowest BCUT2D eigenvalue weighted by atomic mass is 10.1. The predicted octanol–water partition coefficient (Wildman–Crippen LogP) is 5.49. The van der Waals surface area contributed by atoms with E-state index in [0.717, 1.165) is 28.1 Å². The number of hydrogen-bond donors (Lipinski definition) is 0. The van der Waals surface area contributed by atoms with E-state index in [1.807, 2.05) is 56.8 Å². The molecule has 0 spiro atoms. The Bertz CT molecular complexity index is 1440. The van der Waals surface area contributed by atoms with Crippen molar-refractivity contribution >= 4 is 23.2 Å². The van der Waals surface area contributed by atoms with Crippen LogP contribution in [0, 0.1) is 6.92 Å². The highest BCUT2D eigenvalue weighted by Crippen LogP contribution is 2.36. The molecule has 0 fully saturated rings. The summed E-state index contributed by atoms with van der Waals surface area (Å²) in [6, 6.07) is 5.84. The number of hydrogen-bond acceptors (Lipinski definition) is 6. The fourth-order valence-corrected chi connectivity index (χ4v) is 4.81. The first-order valence-electron chi connectivity index (χ1n) is 12.4. The van der Waals surface area contributed by atoms with Gasteiger partial charge >= 0.3 is 6.09 Å². The van der Waals surface area contributed by atoms with Gasteiger partial charge in [-0.25, -0.2) is 9.31 Å². The van der Waals surface area contributed by atoms with Gasteiger partial charge in [0.2, 0.25) is 0 Å². The summed E-state index contributed by atoms with van der Waals surface area (Å²) in [5, 5.41) is 9.88. The van der Waals surface area contributed by atoms with E-state index in [1.165, 1.54) is 0 Å². The number of amides is 1. The summed E-state index contributed by atoms with van der Waals surface area (Å²) < 4.78 is 15.7. The zero-order valence-corrected chi connectivity index (χ0v) is 22.5. The highest BCUT2D eigenvalue weighted by molar-refractivity contribution is 6.34. The Balaban J connectivity index is 1.45. The van der Waals surface area contributed by atoms with Crippen LogP contribution in [0.5, 0.6) is 5.75 Å². The van der Waals surface area contributed by atoms with Gasteiger partial charge in [-0.1, -0.05) is 17.7 Å². The molecule has 37 heavy (non-hydrogen) atoms. The molecule has 4 aromatic rings. The molecule has 5 heterocycles. The summed E-state index contributed by atoms with van der Waals surface area (Å²) in [6.07, 6.45) is 7.23. The van der Waals surface area contributed by atoms with E-state index in [2.05, 4.69) is 17.0 Å². The first-order chi connectivity index (χ1) is 17.6. The fraction of sp³-hybridized carbons (Fsp3) is 0.407. The molecule has 4 aromatic heterocycles. The van der Waals surface area contributed by atoms with Gasteiger partial charge in [-0.05, 0) is 52.3 Å². The lowest BCUT2D eigenvalue weighted by Crippen LogP contribution is -2.38. The van der Waals surface area contributed by atoms with E-state index in [0.29, 0.717) is 42.3 Å². The van der Waals surface area contributed by atoms with Crippen LogP contribution in [0.4, 0.5) is 4.79 Å². The number of aromatic nitrogens is 5. The van der Waals surface area contributed by atoms with Crippen LogP contribution in [0.15, 0.2) is 43.0 Å². The summed E-state index contributed by atoms with van der Waals surface area (Å²) in [5.41, 5.74) is 5.04. The standard InChI is InChI=1S/C27H31ClN6O3/c1-17-22-8-10-32(26(35)37-27(3,4)5)11-12-33(22)31-24(17)20-13-23(25-21(28)15-30-34(25)16-20)36-18(2)19-7-6-9-29-14-19/h6-7,9,13-16,18H,8,10-12H2,1-5H3/t18-/m1/s1. The minimum atomic E-state index is -0.525. The van der Waals surface area contributed by atoms with Crippen LogP contribution in [0.2, 0.25) is 5.02 Å². The zero-order valence-electron chi connectivity index (χ0n) is 21.7. The molecule has 9 nitrogen and oxygen atoms in total. The van der Waals surface area contributed by atoms with Gasteiger partial charge in [-0.2, -0.15) is 10.2 Å². The molecular formula is C27H31ClN6O3. The molecule has 0 saturated carbocycles. The Morgan fingerprint density at radius 3 is 2.73 bits per heavy atom. The third-order valence-electron chi connectivity index (χ3n) is 6.44. The average molecular weight is 523 g/mol. The quantitative estimate of drug-likeness (QED) is 0.352. The van der Waals surface area contributed by atoms with E-state index in [1.54, 1.807) is 28.0 Å². The van der Waals surface area contributed by atoms with Crippen molar-refractivity contribution in [3.05, 3.63) is 64.8 Å². The van der Waals surface area contributed by atoms with E-state index in [4.69, 9.17) is 26.2 Å². The Hall–Kier alpha value is -3.59. The topological polar surface area (TPSA) is 86.8 Å².